The molecule has 0 spiro atoms. The fourth-order valence-corrected chi connectivity index (χ4v) is 4.70. The number of alkyl halides is 3. The molecule has 1 unspecified atom stereocenters. The van der Waals surface area contributed by atoms with Crippen LogP contribution in [0, 0.1) is 13.8 Å². The summed E-state index contributed by atoms with van der Waals surface area (Å²) in [7, 11) is -4.52. The van der Waals surface area contributed by atoms with Crippen LogP contribution >= 0.6 is 0 Å². The summed E-state index contributed by atoms with van der Waals surface area (Å²) in [5.41, 5.74) is 2.07. The first-order valence-electron chi connectivity index (χ1n) is 11.7. The molecule has 0 saturated heterocycles. The molecule has 1 N–H and O–H groups in total. The molecule has 0 saturated carbocycles. The van der Waals surface area contributed by atoms with Crippen LogP contribution in [0.5, 0.6) is 5.75 Å². The van der Waals surface area contributed by atoms with E-state index in [1.54, 1.807) is 17.0 Å². The minimum Gasteiger partial charge on any atom is -0.379 e. The van der Waals surface area contributed by atoms with Crippen molar-refractivity contribution >= 4 is 21.8 Å². The average Bonchev–Trinajstić information content (AvgIpc) is 2.84. The van der Waals surface area contributed by atoms with Crippen LogP contribution < -0.4 is 9.50 Å². The second-order valence-electron chi connectivity index (χ2n) is 8.79. The molecule has 2 amide bonds. The van der Waals surface area contributed by atoms with Gasteiger partial charge in [0.2, 0.25) is 0 Å². The van der Waals surface area contributed by atoms with E-state index in [1.165, 1.54) is 12.1 Å². The van der Waals surface area contributed by atoms with E-state index in [0.717, 1.165) is 35.0 Å². The topological polar surface area (TPSA) is 75.7 Å². The summed E-state index contributed by atoms with van der Waals surface area (Å²) in [6, 6.07) is 14.7. The van der Waals surface area contributed by atoms with Gasteiger partial charge in [0.05, 0.1) is 5.56 Å². The van der Waals surface area contributed by atoms with Gasteiger partial charge in [0.1, 0.15) is 10.6 Å². The summed E-state index contributed by atoms with van der Waals surface area (Å²) in [6.07, 6.45) is -4.01. The Morgan fingerprint density at radius 3 is 2.24 bits per heavy atom. The molecule has 10 heteroatoms. The third kappa shape index (κ3) is 7.03. The molecule has 0 aromatic heterocycles. The molecule has 0 bridgehead atoms. The number of urea groups is 1. The predicted molar refractivity (Wildman–Crippen MR) is 136 cm³/mol. The zero-order valence-electron chi connectivity index (χ0n) is 21.0. The normalized spacial score (nSPS) is 12.6. The number of nitrogens with zero attached hydrogens (tertiary/aromatic N) is 1. The molecule has 0 aliphatic rings. The zero-order valence-corrected chi connectivity index (χ0v) is 21.8. The molecule has 3 rings (SSSR count). The van der Waals surface area contributed by atoms with Crippen LogP contribution in [0.3, 0.4) is 0 Å². The number of halogens is 3. The molecule has 37 heavy (non-hydrogen) atoms. The molecular formula is C27H29F3N2O4S. The van der Waals surface area contributed by atoms with Gasteiger partial charge in [-0.25, -0.2) is 4.79 Å². The Balaban J connectivity index is 1.83. The first-order valence-corrected chi connectivity index (χ1v) is 13.1. The van der Waals surface area contributed by atoms with Crippen molar-refractivity contribution in [1.82, 2.24) is 4.90 Å². The average molecular weight is 535 g/mol. The SMILES string of the molecule is CCC(C)N(Cc1cccc(OS(=O)(=O)c2cccc(C(F)(F)F)c2)c1)C(=O)Nc1c(C)cccc1C. The molecule has 0 radical (unpaired) electrons. The molecule has 3 aromatic rings. The minimum absolute atomic E-state index is 0.0748. The highest BCUT2D eigenvalue weighted by Gasteiger charge is 2.32. The second kappa shape index (κ2) is 11.2. The molecule has 0 aliphatic carbocycles. The Labute approximate surface area is 215 Å². The number of amides is 2. The lowest BCUT2D eigenvalue weighted by Gasteiger charge is -2.29. The van der Waals surface area contributed by atoms with Gasteiger partial charge in [-0.2, -0.15) is 21.6 Å². The lowest BCUT2D eigenvalue weighted by molar-refractivity contribution is -0.137. The van der Waals surface area contributed by atoms with Gasteiger partial charge >= 0.3 is 22.3 Å². The highest BCUT2D eigenvalue weighted by atomic mass is 32.2. The van der Waals surface area contributed by atoms with Crippen molar-refractivity contribution in [2.45, 2.75) is 57.8 Å². The number of aryl methyl sites for hydroxylation is 2. The van der Waals surface area contributed by atoms with Gasteiger partial charge in [-0.1, -0.05) is 43.3 Å². The summed E-state index contributed by atoms with van der Waals surface area (Å²) in [5, 5.41) is 2.97. The molecule has 198 valence electrons. The molecule has 3 aromatic carbocycles. The Morgan fingerprint density at radius 1 is 1.00 bits per heavy atom. The van der Waals surface area contributed by atoms with Crippen molar-refractivity contribution in [3.63, 3.8) is 0 Å². The highest BCUT2D eigenvalue weighted by Crippen LogP contribution is 2.31. The van der Waals surface area contributed by atoms with E-state index in [-0.39, 0.29) is 24.4 Å². The second-order valence-corrected chi connectivity index (χ2v) is 10.3. The Bertz CT molecular complexity index is 1350. The van der Waals surface area contributed by atoms with Crippen LogP contribution in [-0.2, 0) is 22.8 Å². The van der Waals surface area contributed by atoms with Crippen molar-refractivity contribution < 1.29 is 30.6 Å². The van der Waals surface area contributed by atoms with Crippen LogP contribution in [0.4, 0.5) is 23.7 Å². The standard InChI is InChI=1S/C27H29F3N2O4S/c1-5-20(4)32(26(33)31-25-18(2)9-6-10-19(25)3)17-21-11-7-13-23(15-21)36-37(34,35)24-14-8-12-22(16-24)27(28,29)30/h6-16,20H,5,17H2,1-4H3,(H,31,33). The van der Waals surface area contributed by atoms with E-state index in [1.807, 2.05) is 45.9 Å². The van der Waals surface area contributed by atoms with Crippen molar-refractivity contribution in [3.05, 3.63) is 89.0 Å². The number of hydrogen-bond donors (Lipinski definition) is 1. The molecule has 0 fully saturated rings. The molecular weight excluding hydrogens is 505 g/mol. The Morgan fingerprint density at radius 2 is 1.62 bits per heavy atom. The monoisotopic (exact) mass is 534 g/mol. The maximum Gasteiger partial charge on any atom is 0.416 e. The molecule has 0 aliphatic heterocycles. The van der Waals surface area contributed by atoms with E-state index in [4.69, 9.17) is 4.18 Å². The third-order valence-corrected chi connectivity index (χ3v) is 7.25. The zero-order chi connectivity index (χ0) is 27.4. The van der Waals surface area contributed by atoms with Crippen molar-refractivity contribution in [2.75, 3.05) is 5.32 Å². The highest BCUT2D eigenvalue weighted by molar-refractivity contribution is 7.87. The largest absolute Gasteiger partial charge is 0.416 e. The molecule has 1 atom stereocenters. The summed E-state index contributed by atoms with van der Waals surface area (Å²) >= 11 is 0. The number of hydrogen-bond acceptors (Lipinski definition) is 4. The van der Waals surface area contributed by atoms with Crippen LogP contribution in [0.1, 0.15) is 42.5 Å². The molecule has 0 heterocycles. The number of rotatable bonds is 8. The van der Waals surface area contributed by atoms with Gasteiger partial charge in [-0.3, -0.25) is 0 Å². The maximum atomic E-state index is 13.2. The van der Waals surface area contributed by atoms with E-state index in [0.29, 0.717) is 18.1 Å². The summed E-state index contributed by atoms with van der Waals surface area (Å²) < 4.78 is 69.6. The lowest BCUT2D eigenvalue weighted by Crippen LogP contribution is -2.40. The number of carbonyl (C=O) groups is 1. The lowest BCUT2D eigenvalue weighted by atomic mass is 10.1. The van der Waals surface area contributed by atoms with E-state index in [2.05, 4.69) is 5.32 Å². The van der Waals surface area contributed by atoms with Gasteiger partial charge in [0.25, 0.3) is 0 Å². The van der Waals surface area contributed by atoms with E-state index in [9.17, 15) is 26.4 Å². The number of benzene rings is 3. The fraction of sp³-hybridized carbons (Fsp3) is 0.296. The number of anilines is 1. The summed E-state index contributed by atoms with van der Waals surface area (Å²) in [6.45, 7) is 7.82. The number of carbonyl (C=O) groups excluding carboxylic acids is 1. The van der Waals surface area contributed by atoms with E-state index >= 15 is 0 Å². The predicted octanol–water partition coefficient (Wildman–Crippen LogP) is 6.92. The van der Waals surface area contributed by atoms with Gasteiger partial charge in [0.15, 0.2) is 0 Å². The van der Waals surface area contributed by atoms with Crippen LogP contribution in [0.25, 0.3) is 0 Å². The third-order valence-electron chi connectivity index (χ3n) is 6.00. The van der Waals surface area contributed by atoms with Crippen LogP contribution in [0.2, 0.25) is 0 Å². The van der Waals surface area contributed by atoms with Gasteiger partial charge in [-0.15, -0.1) is 0 Å². The van der Waals surface area contributed by atoms with Gasteiger partial charge in [0, 0.05) is 18.3 Å². The first kappa shape index (κ1) is 28.0. The quantitative estimate of drug-likeness (QED) is 0.318. The fourth-order valence-electron chi connectivity index (χ4n) is 3.73. The van der Waals surface area contributed by atoms with E-state index < -0.39 is 26.8 Å². The van der Waals surface area contributed by atoms with Crippen molar-refractivity contribution in [3.8, 4) is 5.75 Å². The maximum absolute atomic E-state index is 13.2. The van der Waals surface area contributed by atoms with Gasteiger partial charge in [-0.05, 0) is 74.2 Å². The van der Waals surface area contributed by atoms with Crippen LogP contribution in [0.15, 0.2) is 71.6 Å². The first-order chi connectivity index (χ1) is 17.3. The Kier molecular flexibility index (Phi) is 8.53. The van der Waals surface area contributed by atoms with Crippen molar-refractivity contribution in [1.29, 1.82) is 0 Å². The number of para-hydroxylation sites is 1. The summed E-state index contributed by atoms with van der Waals surface area (Å²) in [5.74, 6) is -0.0748. The van der Waals surface area contributed by atoms with Crippen LogP contribution in [-0.4, -0.2) is 25.4 Å². The smallest absolute Gasteiger partial charge is 0.379 e. The van der Waals surface area contributed by atoms with Gasteiger partial charge < -0.3 is 14.4 Å². The minimum atomic E-state index is -4.69. The number of nitrogens with one attached hydrogen (secondary N) is 1. The van der Waals surface area contributed by atoms with Crippen molar-refractivity contribution in [2.24, 2.45) is 0 Å². The Hall–Kier alpha value is -3.53. The molecule has 6 nitrogen and oxygen atoms in total. The summed E-state index contributed by atoms with van der Waals surface area (Å²) in [4.78, 5) is 14.3.